The Bertz CT molecular complexity index is 520. The van der Waals surface area contributed by atoms with Crippen LogP contribution in [-0.4, -0.2) is 15.9 Å². The topological polar surface area (TPSA) is 64.9 Å². The third-order valence-corrected chi connectivity index (χ3v) is 4.21. The summed E-state index contributed by atoms with van der Waals surface area (Å²) in [7, 11) is 0. The number of hydrogen-bond donors (Lipinski definition) is 1. The van der Waals surface area contributed by atoms with Crippen LogP contribution in [0.2, 0.25) is 0 Å². The van der Waals surface area contributed by atoms with E-state index in [1.54, 1.807) is 0 Å². The van der Waals surface area contributed by atoms with Crippen molar-refractivity contribution in [3.63, 3.8) is 0 Å². The maximum Gasteiger partial charge on any atom is 0.240 e. The molecule has 2 aromatic rings. The smallest absolute Gasteiger partial charge is 0.240 e. The fourth-order valence-corrected chi connectivity index (χ4v) is 3.14. The number of aromatic nitrogens is 2. The van der Waals surface area contributed by atoms with E-state index in [0.717, 1.165) is 17.9 Å². The minimum absolute atomic E-state index is 0.362. The minimum atomic E-state index is 0.362. The highest BCUT2D eigenvalue weighted by atomic mass is 32.2. The molecular weight excluding hydrogens is 234 g/mol. The second-order valence-corrected chi connectivity index (χ2v) is 5.36. The lowest BCUT2D eigenvalue weighted by molar-refractivity contribution is 0.375. The molecule has 1 unspecified atom stereocenters. The largest absolute Gasteiger partial charge is 0.398 e. The van der Waals surface area contributed by atoms with Gasteiger partial charge in [-0.1, -0.05) is 17.3 Å². The van der Waals surface area contributed by atoms with Crippen LogP contribution in [0, 0.1) is 0 Å². The molecule has 88 valence electrons. The molecule has 1 atom stereocenters. The Hall–Kier alpha value is -1.49. The fraction of sp³-hybridized carbons (Fsp3) is 0.333. The number of rotatable bonds is 2. The molecule has 2 N–H and O–H groups in total. The molecule has 1 aliphatic rings. The molecule has 17 heavy (non-hydrogen) atoms. The molecule has 3 rings (SSSR count). The van der Waals surface area contributed by atoms with Crippen LogP contribution < -0.4 is 5.73 Å². The number of hydrogen-bond acceptors (Lipinski definition) is 5. The van der Waals surface area contributed by atoms with Crippen LogP contribution in [0.4, 0.5) is 5.69 Å². The number of nitrogens with zero attached hydrogens (tertiary/aromatic N) is 2. The molecule has 1 aromatic carbocycles. The third kappa shape index (κ3) is 2.02. The van der Waals surface area contributed by atoms with Gasteiger partial charge in [0, 0.05) is 11.3 Å². The molecule has 0 amide bonds. The highest BCUT2D eigenvalue weighted by molar-refractivity contribution is 7.99. The van der Waals surface area contributed by atoms with Crippen LogP contribution >= 0.6 is 11.8 Å². The number of para-hydroxylation sites is 1. The highest BCUT2D eigenvalue weighted by Crippen LogP contribution is 2.39. The molecule has 4 nitrogen and oxygen atoms in total. The van der Waals surface area contributed by atoms with Gasteiger partial charge in [0.1, 0.15) is 0 Å². The molecule has 0 bridgehead atoms. The van der Waals surface area contributed by atoms with E-state index >= 15 is 0 Å². The van der Waals surface area contributed by atoms with Crippen LogP contribution in [0.3, 0.4) is 0 Å². The average molecular weight is 247 g/mol. The molecule has 5 heteroatoms. The lowest BCUT2D eigenvalue weighted by Gasteiger charge is -2.00. The van der Waals surface area contributed by atoms with E-state index in [2.05, 4.69) is 10.1 Å². The van der Waals surface area contributed by atoms with Crippen molar-refractivity contribution < 1.29 is 4.52 Å². The van der Waals surface area contributed by atoms with E-state index in [0.29, 0.717) is 16.8 Å². The molecule has 0 aliphatic carbocycles. The quantitative estimate of drug-likeness (QED) is 0.827. The van der Waals surface area contributed by atoms with Crippen LogP contribution in [0.1, 0.15) is 24.0 Å². The lowest BCUT2D eigenvalue weighted by atomic mass is 10.2. The van der Waals surface area contributed by atoms with Gasteiger partial charge < -0.3 is 10.3 Å². The number of benzene rings is 1. The molecule has 1 saturated heterocycles. The molecule has 2 heterocycles. The van der Waals surface area contributed by atoms with Crippen LogP contribution in [0.15, 0.2) is 28.8 Å². The summed E-state index contributed by atoms with van der Waals surface area (Å²) in [6.45, 7) is 0. The summed E-state index contributed by atoms with van der Waals surface area (Å²) in [5.74, 6) is 2.49. The summed E-state index contributed by atoms with van der Waals surface area (Å²) in [4.78, 5) is 4.44. The molecule has 0 spiro atoms. The Morgan fingerprint density at radius 1 is 1.35 bits per heavy atom. The zero-order valence-electron chi connectivity index (χ0n) is 9.30. The first kappa shape index (κ1) is 10.7. The van der Waals surface area contributed by atoms with Crippen LogP contribution in [0.25, 0.3) is 11.4 Å². The van der Waals surface area contributed by atoms with Crippen molar-refractivity contribution in [1.82, 2.24) is 10.1 Å². The van der Waals surface area contributed by atoms with Gasteiger partial charge in [-0.15, -0.1) is 11.8 Å². The summed E-state index contributed by atoms with van der Waals surface area (Å²) in [5, 5.41) is 4.37. The summed E-state index contributed by atoms with van der Waals surface area (Å²) >= 11 is 1.88. The van der Waals surface area contributed by atoms with E-state index in [4.69, 9.17) is 10.3 Å². The van der Waals surface area contributed by atoms with E-state index in [9.17, 15) is 0 Å². The van der Waals surface area contributed by atoms with Gasteiger partial charge in [-0.3, -0.25) is 0 Å². The normalized spacial score (nSPS) is 19.6. The molecule has 1 aliphatic heterocycles. The van der Waals surface area contributed by atoms with Crippen molar-refractivity contribution in [2.45, 2.75) is 18.1 Å². The average Bonchev–Trinajstić information content (AvgIpc) is 3.00. The Morgan fingerprint density at radius 3 is 3.00 bits per heavy atom. The predicted octanol–water partition coefficient (Wildman–Crippen LogP) is 2.89. The van der Waals surface area contributed by atoms with Gasteiger partial charge in [0.05, 0.1) is 5.25 Å². The van der Waals surface area contributed by atoms with Crippen molar-refractivity contribution >= 4 is 17.4 Å². The van der Waals surface area contributed by atoms with Crippen LogP contribution in [-0.2, 0) is 0 Å². The van der Waals surface area contributed by atoms with E-state index < -0.39 is 0 Å². The molecule has 1 fully saturated rings. The first-order valence-corrected chi connectivity index (χ1v) is 6.69. The first-order valence-electron chi connectivity index (χ1n) is 5.64. The van der Waals surface area contributed by atoms with Crippen molar-refractivity contribution in [1.29, 1.82) is 0 Å². The van der Waals surface area contributed by atoms with Gasteiger partial charge >= 0.3 is 0 Å². The fourth-order valence-electron chi connectivity index (χ4n) is 1.95. The Balaban J connectivity index is 1.92. The number of anilines is 1. The monoisotopic (exact) mass is 247 g/mol. The zero-order chi connectivity index (χ0) is 11.7. The summed E-state index contributed by atoms with van der Waals surface area (Å²) < 4.78 is 5.32. The van der Waals surface area contributed by atoms with Gasteiger partial charge in [-0.25, -0.2) is 0 Å². The van der Waals surface area contributed by atoms with Crippen LogP contribution in [0.5, 0.6) is 0 Å². The summed E-state index contributed by atoms with van der Waals surface area (Å²) in [6, 6.07) is 7.57. The first-order chi connectivity index (χ1) is 8.34. The van der Waals surface area contributed by atoms with E-state index in [1.807, 2.05) is 36.0 Å². The van der Waals surface area contributed by atoms with E-state index in [-0.39, 0.29) is 0 Å². The van der Waals surface area contributed by atoms with Crippen molar-refractivity contribution in [2.75, 3.05) is 11.5 Å². The third-order valence-electron chi connectivity index (χ3n) is 2.85. The highest BCUT2D eigenvalue weighted by Gasteiger charge is 2.24. The Kier molecular flexibility index (Phi) is 2.76. The number of nitrogen functional groups attached to an aromatic ring is 1. The maximum atomic E-state index is 5.89. The molecule has 1 aromatic heterocycles. The molecular formula is C12H13N3OS. The van der Waals surface area contributed by atoms with Gasteiger partial charge in [0.15, 0.2) is 0 Å². The Morgan fingerprint density at radius 2 is 2.24 bits per heavy atom. The standard InChI is InChI=1S/C12H13N3OS/c13-9-5-2-1-4-8(9)11-14-12(16-15-11)10-6-3-7-17-10/h1-2,4-5,10H,3,6-7,13H2. The SMILES string of the molecule is Nc1ccccc1-c1noc(C2CCCS2)n1. The minimum Gasteiger partial charge on any atom is -0.398 e. The van der Waals surface area contributed by atoms with Crippen molar-refractivity contribution in [3.05, 3.63) is 30.2 Å². The van der Waals surface area contributed by atoms with Crippen molar-refractivity contribution in [2.24, 2.45) is 0 Å². The van der Waals surface area contributed by atoms with Gasteiger partial charge in [0.2, 0.25) is 11.7 Å². The second-order valence-electron chi connectivity index (χ2n) is 4.05. The van der Waals surface area contributed by atoms with Crippen molar-refractivity contribution in [3.8, 4) is 11.4 Å². The zero-order valence-corrected chi connectivity index (χ0v) is 10.1. The van der Waals surface area contributed by atoms with Gasteiger partial charge in [-0.2, -0.15) is 4.98 Å². The maximum absolute atomic E-state index is 5.89. The molecule has 0 saturated carbocycles. The second kappa shape index (κ2) is 4.41. The predicted molar refractivity (Wildman–Crippen MR) is 68.6 cm³/mol. The van der Waals surface area contributed by atoms with Gasteiger partial charge in [0.25, 0.3) is 0 Å². The van der Waals surface area contributed by atoms with Gasteiger partial charge in [-0.05, 0) is 30.7 Å². The number of thioether (sulfide) groups is 1. The van der Waals surface area contributed by atoms with E-state index in [1.165, 1.54) is 12.2 Å². The summed E-state index contributed by atoms with van der Waals surface area (Å²) in [5.41, 5.74) is 7.41. The lowest BCUT2D eigenvalue weighted by Crippen LogP contribution is -1.92. The summed E-state index contributed by atoms with van der Waals surface area (Å²) in [6.07, 6.45) is 2.34. The number of nitrogens with two attached hydrogens (primary N) is 1. The molecule has 0 radical (unpaired) electrons. The Labute approximate surface area is 104 Å².